The molecule has 0 bridgehead atoms. The highest BCUT2D eigenvalue weighted by atomic mass is 16.2. The van der Waals surface area contributed by atoms with Crippen LogP contribution in [0.4, 0.5) is 0 Å². The minimum atomic E-state index is -0.939. The molecular weight excluding hydrogens is 290 g/mol. The molecule has 4 heteroatoms. The van der Waals surface area contributed by atoms with Gasteiger partial charge in [0.15, 0.2) is 5.78 Å². The zero-order chi connectivity index (χ0) is 16.2. The molecule has 2 aliphatic rings. The van der Waals surface area contributed by atoms with Crippen molar-refractivity contribution in [2.24, 2.45) is 0 Å². The molecule has 0 spiro atoms. The van der Waals surface area contributed by atoms with Gasteiger partial charge in [0.05, 0.1) is 5.54 Å². The number of hydrogen-bond acceptors (Lipinski definition) is 3. The van der Waals surface area contributed by atoms with Crippen LogP contribution in [-0.2, 0) is 15.1 Å². The zero-order valence-corrected chi connectivity index (χ0v) is 12.7. The maximum Gasteiger partial charge on any atom is 0.230 e. The molecule has 114 valence electrons. The Hall–Kier alpha value is -2.75. The lowest BCUT2D eigenvalue weighted by atomic mass is 9.72. The fourth-order valence-electron chi connectivity index (χ4n) is 3.82. The first kappa shape index (κ1) is 13.9. The lowest BCUT2D eigenvalue weighted by Gasteiger charge is -2.42. The Balaban J connectivity index is 2.07. The van der Waals surface area contributed by atoms with Gasteiger partial charge in [0.25, 0.3) is 0 Å². The molecule has 0 N–H and O–H groups in total. The van der Waals surface area contributed by atoms with Crippen molar-refractivity contribution in [3.05, 3.63) is 70.8 Å². The Kier molecular flexibility index (Phi) is 2.79. The standard InChI is InChI=1S/C19H15NO3/c1-19(20-16(21)10-11-17(20)22)14-8-4-2-6-12(14)18(23)13-7-3-5-9-15(13)19/h2-9H,10-11H2,1H3. The van der Waals surface area contributed by atoms with Crippen LogP contribution >= 0.6 is 0 Å². The Morgan fingerprint density at radius 1 is 0.783 bits per heavy atom. The van der Waals surface area contributed by atoms with E-state index >= 15 is 0 Å². The second-order valence-electron chi connectivity index (χ2n) is 6.12. The van der Waals surface area contributed by atoms with Crippen LogP contribution in [0.1, 0.15) is 46.8 Å². The number of carbonyl (C=O) groups excluding carboxylic acids is 3. The van der Waals surface area contributed by atoms with Crippen molar-refractivity contribution >= 4 is 17.6 Å². The van der Waals surface area contributed by atoms with E-state index in [0.717, 1.165) is 0 Å². The summed E-state index contributed by atoms with van der Waals surface area (Å²) in [6.45, 7) is 1.86. The summed E-state index contributed by atoms with van der Waals surface area (Å²) in [5.41, 5.74) is 1.60. The number of amides is 2. The van der Waals surface area contributed by atoms with Gasteiger partial charge in [-0.3, -0.25) is 19.3 Å². The summed E-state index contributed by atoms with van der Waals surface area (Å²) in [4.78, 5) is 39.0. The number of carbonyl (C=O) groups is 3. The van der Waals surface area contributed by atoms with Crippen LogP contribution in [0.25, 0.3) is 0 Å². The number of imide groups is 1. The average molecular weight is 305 g/mol. The van der Waals surface area contributed by atoms with E-state index in [1.165, 1.54) is 4.90 Å². The topological polar surface area (TPSA) is 54.5 Å². The number of benzene rings is 2. The van der Waals surface area contributed by atoms with Crippen molar-refractivity contribution in [2.75, 3.05) is 0 Å². The number of fused-ring (bicyclic) bond motifs is 2. The molecule has 1 aliphatic heterocycles. The van der Waals surface area contributed by atoms with E-state index in [1.807, 2.05) is 31.2 Å². The highest BCUT2D eigenvalue weighted by Gasteiger charge is 2.50. The fourth-order valence-corrected chi connectivity index (χ4v) is 3.82. The second kappa shape index (κ2) is 4.62. The lowest BCUT2D eigenvalue weighted by Crippen LogP contribution is -2.50. The van der Waals surface area contributed by atoms with E-state index in [-0.39, 0.29) is 30.4 Å². The van der Waals surface area contributed by atoms with E-state index in [0.29, 0.717) is 22.3 Å². The highest BCUT2D eigenvalue weighted by Crippen LogP contribution is 2.45. The minimum absolute atomic E-state index is 0.0623. The molecule has 23 heavy (non-hydrogen) atoms. The maximum absolute atomic E-state index is 12.8. The Labute approximate surface area is 133 Å². The number of rotatable bonds is 1. The van der Waals surface area contributed by atoms with Gasteiger partial charge < -0.3 is 0 Å². The van der Waals surface area contributed by atoms with Crippen LogP contribution in [0.5, 0.6) is 0 Å². The van der Waals surface area contributed by atoms with E-state index in [9.17, 15) is 14.4 Å². The fraction of sp³-hybridized carbons (Fsp3) is 0.211. The normalized spacial score (nSPS) is 18.8. The van der Waals surface area contributed by atoms with Gasteiger partial charge in [0, 0.05) is 24.0 Å². The molecule has 1 fully saturated rings. The third-order valence-corrected chi connectivity index (χ3v) is 4.89. The molecule has 0 aromatic heterocycles. The molecule has 0 radical (unpaired) electrons. The van der Waals surface area contributed by atoms with Crippen LogP contribution in [0.2, 0.25) is 0 Å². The summed E-state index contributed by atoms with van der Waals surface area (Å²) in [5.74, 6) is -0.430. The molecule has 2 aromatic carbocycles. The molecule has 2 aromatic rings. The molecular formula is C19H15NO3. The van der Waals surface area contributed by atoms with Crippen molar-refractivity contribution in [1.29, 1.82) is 0 Å². The molecule has 0 saturated carbocycles. The summed E-state index contributed by atoms with van der Waals surface area (Å²) in [6, 6.07) is 14.5. The summed E-state index contributed by atoms with van der Waals surface area (Å²) >= 11 is 0. The first-order chi connectivity index (χ1) is 11.0. The summed E-state index contributed by atoms with van der Waals surface area (Å²) in [5, 5.41) is 0. The zero-order valence-electron chi connectivity index (χ0n) is 12.7. The van der Waals surface area contributed by atoms with E-state index in [2.05, 4.69) is 0 Å². The van der Waals surface area contributed by atoms with Gasteiger partial charge in [0.1, 0.15) is 0 Å². The largest absolute Gasteiger partial charge is 0.289 e. The van der Waals surface area contributed by atoms with Crippen molar-refractivity contribution in [2.45, 2.75) is 25.3 Å². The van der Waals surface area contributed by atoms with Gasteiger partial charge >= 0.3 is 0 Å². The summed E-state index contributed by atoms with van der Waals surface area (Å²) in [7, 11) is 0. The van der Waals surface area contributed by atoms with Crippen LogP contribution in [-0.4, -0.2) is 22.5 Å². The third-order valence-electron chi connectivity index (χ3n) is 4.89. The molecule has 1 heterocycles. The summed E-state index contributed by atoms with van der Waals surface area (Å²) < 4.78 is 0. The SMILES string of the molecule is CC1(N2C(=O)CCC2=O)c2ccccc2C(=O)c2ccccc21. The predicted molar refractivity (Wildman–Crippen MR) is 83.9 cm³/mol. The maximum atomic E-state index is 12.8. The van der Waals surface area contributed by atoms with Gasteiger partial charge in [-0.25, -0.2) is 0 Å². The van der Waals surface area contributed by atoms with E-state index in [4.69, 9.17) is 0 Å². The number of likely N-dealkylation sites (tertiary alicyclic amines) is 1. The van der Waals surface area contributed by atoms with Crippen molar-refractivity contribution in [3.63, 3.8) is 0 Å². The monoisotopic (exact) mass is 305 g/mol. The van der Waals surface area contributed by atoms with Crippen LogP contribution in [0.3, 0.4) is 0 Å². The van der Waals surface area contributed by atoms with Crippen LogP contribution in [0, 0.1) is 0 Å². The van der Waals surface area contributed by atoms with Crippen molar-refractivity contribution in [1.82, 2.24) is 4.90 Å². The quantitative estimate of drug-likeness (QED) is 0.761. The predicted octanol–water partition coefficient (Wildman–Crippen LogP) is 2.64. The van der Waals surface area contributed by atoms with Crippen LogP contribution in [0.15, 0.2) is 48.5 Å². The van der Waals surface area contributed by atoms with Gasteiger partial charge in [-0.2, -0.15) is 0 Å². The van der Waals surface area contributed by atoms with Crippen LogP contribution < -0.4 is 0 Å². The molecule has 0 atom stereocenters. The third kappa shape index (κ3) is 1.69. The van der Waals surface area contributed by atoms with Gasteiger partial charge in [-0.1, -0.05) is 48.5 Å². The minimum Gasteiger partial charge on any atom is -0.289 e. The average Bonchev–Trinajstić information content (AvgIpc) is 2.92. The van der Waals surface area contributed by atoms with Crippen molar-refractivity contribution < 1.29 is 14.4 Å². The first-order valence-corrected chi connectivity index (χ1v) is 7.65. The Morgan fingerprint density at radius 2 is 1.22 bits per heavy atom. The molecule has 4 nitrogen and oxygen atoms in total. The lowest BCUT2D eigenvalue weighted by molar-refractivity contribution is -0.144. The van der Waals surface area contributed by atoms with E-state index in [1.54, 1.807) is 24.3 Å². The molecule has 2 amide bonds. The number of nitrogens with zero attached hydrogens (tertiary/aromatic N) is 1. The molecule has 4 rings (SSSR count). The summed E-state index contributed by atoms with van der Waals surface area (Å²) in [6.07, 6.45) is 0.458. The molecule has 1 saturated heterocycles. The van der Waals surface area contributed by atoms with Gasteiger partial charge in [0.2, 0.25) is 11.8 Å². The Morgan fingerprint density at radius 3 is 1.70 bits per heavy atom. The van der Waals surface area contributed by atoms with E-state index < -0.39 is 5.54 Å². The smallest absolute Gasteiger partial charge is 0.230 e. The van der Waals surface area contributed by atoms with Gasteiger partial charge in [-0.05, 0) is 18.1 Å². The Bertz CT molecular complexity index is 803. The highest BCUT2D eigenvalue weighted by molar-refractivity contribution is 6.14. The number of hydrogen-bond donors (Lipinski definition) is 0. The first-order valence-electron chi connectivity index (χ1n) is 7.65. The molecule has 0 unspecified atom stereocenters. The van der Waals surface area contributed by atoms with Gasteiger partial charge in [-0.15, -0.1) is 0 Å². The second-order valence-corrected chi connectivity index (χ2v) is 6.12. The van der Waals surface area contributed by atoms with Crippen molar-refractivity contribution in [3.8, 4) is 0 Å². The molecule has 1 aliphatic carbocycles. The number of ketones is 1.